The predicted molar refractivity (Wildman–Crippen MR) is 148 cm³/mol. The lowest BCUT2D eigenvalue weighted by Crippen LogP contribution is -2.78. The Morgan fingerprint density at radius 2 is 1.79 bits per heavy atom. The van der Waals surface area contributed by atoms with Gasteiger partial charge in [0.2, 0.25) is 0 Å². The lowest BCUT2D eigenvalue weighted by Gasteiger charge is -2.64. The van der Waals surface area contributed by atoms with E-state index in [1.165, 1.54) is 18.4 Å². The summed E-state index contributed by atoms with van der Waals surface area (Å²) in [5.74, 6) is 1.24. The van der Waals surface area contributed by atoms with Gasteiger partial charge in [-0.2, -0.15) is 0 Å². The van der Waals surface area contributed by atoms with Crippen molar-refractivity contribution in [3.63, 3.8) is 0 Å². The summed E-state index contributed by atoms with van der Waals surface area (Å²) in [5, 5.41) is 26.9. The van der Waals surface area contributed by atoms with Crippen LogP contribution in [0.5, 0.6) is 11.5 Å². The zero-order valence-electron chi connectivity index (χ0n) is 22.0. The third kappa shape index (κ3) is 3.25. The van der Waals surface area contributed by atoms with Gasteiger partial charge < -0.3 is 20.3 Å². The summed E-state index contributed by atoms with van der Waals surface area (Å²) in [5.41, 5.74) is 3.07. The molecule has 39 heavy (non-hydrogen) atoms. The van der Waals surface area contributed by atoms with E-state index in [4.69, 9.17) is 4.74 Å². The molecular formula is C33H34N2O4. The van der Waals surface area contributed by atoms with Crippen molar-refractivity contribution in [2.75, 3.05) is 13.1 Å². The van der Waals surface area contributed by atoms with Crippen molar-refractivity contribution in [3.05, 3.63) is 83.4 Å². The number of carbonyl (C=O) groups excluding carboxylic acids is 1. The second-order valence-corrected chi connectivity index (χ2v) is 12.3. The molecule has 6 nitrogen and oxygen atoms in total. The summed E-state index contributed by atoms with van der Waals surface area (Å²) in [6.45, 7) is 1.95. The lowest BCUT2D eigenvalue weighted by atomic mass is 9.48. The Labute approximate surface area is 228 Å². The molecule has 2 heterocycles. The van der Waals surface area contributed by atoms with Gasteiger partial charge in [-0.05, 0) is 79.8 Å². The van der Waals surface area contributed by atoms with Gasteiger partial charge in [0.05, 0.1) is 17.1 Å². The average molecular weight is 523 g/mol. The highest BCUT2D eigenvalue weighted by Crippen LogP contribution is 2.65. The van der Waals surface area contributed by atoms with Gasteiger partial charge in [0.25, 0.3) is 5.91 Å². The second-order valence-electron chi connectivity index (χ2n) is 12.3. The molecule has 2 bridgehead atoms. The van der Waals surface area contributed by atoms with Crippen molar-refractivity contribution < 1.29 is 19.7 Å². The average Bonchev–Trinajstić information content (AvgIpc) is 3.70. The van der Waals surface area contributed by atoms with Crippen LogP contribution in [0.15, 0.2) is 66.7 Å². The van der Waals surface area contributed by atoms with Crippen LogP contribution in [0, 0.1) is 5.92 Å². The molecule has 0 radical (unpaired) electrons. The Hall–Kier alpha value is -3.35. The van der Waals surface area contributed by atoms with Crippen molar-refractivity contribution in [1.82, 2.24) is 10.2 Å². The summed E-state index contributed by atoms with van der Waals surface area (Å²) in [4.78, 5) is 16.4. The van der Waals surface area contributed by atoms with Gasteiger partial charge in [0.15, 0.2) is 11.5 Å². The van der Waals surface area contributed by atoms with Crippen LogP contribution in [0.1, 0.15) is 53.6 Å². The molecule has 5 atom stereocenters. The fourth-order valence-electron chi connectivity index (χ4n) is 8.43. The molecule has 3 aromatic rings. The number of rotatable bonds is 5. The van der Waals surface area contributed by atoms with E-state index in [1.807, 2.05) is 60.7 Å². The van der Waals surface area contributed by atoms with E-state index in [0.29, 0.717) is 24.2 Å². The summed E-state index contributed by atoms with van der Waals surface area (Å²) in [7, 11) is 0. The number of phenolic OH excluding ortho intramolecular Hbond substituents is 1. The highest BCUT2D eigenvalue weighted by Gasteiger charge is 2.73. The Kier molecular flexibility index (Phi) is 5.02. The van der Waals surface area contributed by atoms with Crippen LogP contribution in [-0.4, -0.2) is 57.9 Å². The minimum absolute atomic E-state index is 0.0244. The standard InChI is InChI=1S/C33H34N2O4/c36-26-13-12-22-18-27-33(38)15-14-25(34-31(37)24-9-5-4-8-23(24)21-6-2-1-3-7-21)30-32(33,28(22)29(26)39-30)16-17-35(27)19-20-10-11-20/h1-9,12-13,20,25,27,30,36,38H,10-11,14-19H2,(H,34,37)/t25-,27-,30+,32+,33-/m1/s1. The van der Waals surface area contributed by atoms with Crippen LogP contribution < -0.4 is 10.1 Å². The van der Waals surface area contributed by atoms with Gasteiger partial charge in [0.1, 0.15) is 6.10 Å². The number of aromatic hydroxyl groups is 1. The van der Waals surface area contributed by atoms with Gasteiger partial charge in [-0.25, -0.2) is 0 Å². The van der Waals surface area contributed by atoms with Crippen molar-refractivity contribution in [2.45, 2.75) is 67.7 Å². The fourth-order valence-corrected chi connectivity index (χ4v) is 8.43. The molecule has 200 valence electrons. The number of piperidine rings is 1. The van der Waals surface area contributed by atoms with Crippen LogP contribution in [-0.2, 0) is 11.8 Å². The van der Waals surface area contributed by atoms with E-state index in [-0.39, 0.29) is 23.7 Å². The Morgan fingerprint density at radius 1 is 1.00 bits per heavy atom. The molecule has 1 amide bonds. The normalized spacial score (nSPS) is 32.3. The first kappa shape index (κ1) is 23.5. The summed E-state index contributed by atoms with van der Waals surface area (Å²) >= 11 is 0. The molecule has 0 unspecified atom stereocenters. The number of nitrogens with one attached hydrogen (secondary N) is 1. The van der Waals surface area contributed by atoms with Crippen LogP contribution in [0.2, 0.25) is 0 Å². The summed E-state index contributed by atoms with van der Waals surface area (Å²) in [6.07, 6.45) is 4.88. The van der Waals surface area contributed by atoms with E-state index in [2.05, 4.69) is 10.2 Å². The van der Waals surface area contributed by atoms with E-state index in [0.717, 1.165) is 48.5 Å². The third-order valence-electron chi connectivity index (χ3n) is 10.3. The molecule has 3 aliphatic carbocycles. The van der Waals surface area contributed by atoms with Crippen LogP contribution in [0.4, 0.5) is 0 Å². The number of hydrogen-bond acceptors (Lipinski definition) is 5. The highest BCUT2D eigenvalue weighted by molar-refractivity contribution is 6.01. The number of likely N-dealkylation sites (tertiary alicyclic amines) is 1. The van der Waals surface area contributed by atoms with Crippen molar-refractivity contribution in [1.29, 1.82) is 0 Å². The van der Waals surface area contributed by atoms with Crippen molar-refractivity contribution in [2.24, 2.45) is 5.92 Å². The van der Waals surface area contributed by atoms with Gasteiger partial charge in [-0.15, -0.1) is 0 Å². The number of ether oxygens (including phenoxy) is 1. The highest BCUT2D eigenvalue weighted by atomic mass is 16.5. The lowest BCUT2D eigenvalue weighted by molar-refractivity contribution is -0.191. The summed E-state index contributed by atoms with van der Waals surface area (Å²) in [6, 6.07) is 21.2. The topological polar surface area (TPSA) is 82.0 Å². The van der Waals surface area contributed by atoms with Crippen LogP contribution in [0.25, 0.3) is 11.1 Å². The minimum atomic E-state index is -0.958. The first-order valence-corrected chi connectivity index (χ1v) is 14.4. The molecule has 3 N–H and O–H groups in total. The van der Waals surface area contributed by atoms with E-state index < -0.39 is 17.1 Å². The first-order chi connectivity index (χ1) is 19.0. The SMILES string of the molecule is O=C(N[C@@H]1CC[C@@]2(O)[C@H]3Cc4ccc(O)c5c4[C@@]2(CCN3CC2CC2)[C@H]1O5)c1ccccc1-c1ccccc1. The van der Waals surface area contributed by atoms with Gasteiger partial charge in [0, 0.05) is 23.7 Å². The monoisotopic (exact) mass is 522 g/mol. The Balaban J connectivity index is 1.17. The molecule has 8 rings (SSSR count). The molecule has 2 saturated carbocycles. The van der Waals surface area contributed by atoms with Crippen molar-refractivity contribution >= 4 is 5.91 Å². The minimum Gasteiger partial charge on any atom is -0.504 e. The molecular weight excluding hydrogens is 488 g/mol. The molecule has 1 saturated heterocycles. The molecule has 0 aromatic heterocycles. The number of hydrogen-bond donors (Lipinski definition) is 3. The molecule has 3 fully saturated rings. The number of nitrogens with zero attached hydrogens (tertiary/aromatic N) is 1. The van der Waals surface area contributed by atoms with Gasteiger partial charge >= 0.3 is 0 Å². The van der Waals surface area contributed by atoms with Gasteiger partial charge in [-0.1, -0.05) is 54.6 Å². The van der Waals surface area contributed by atoms with Crippen LogP contribution in [0.3, 0.4) is 0 Å². The smallest absolute Gasteiger partial charge is 0.252 e. The zero-order chi connectivity index (χ0) is 26.4. The first-order valence-electron chi connectivity index (χ1n) is 14.4. The maximum Gasteiger partial charge on any atom is 0.252 e. The van der Waals surface area contributed by atoms with Gasteiger partial charge in [-0.3, -0.25) is 9.69 Å². The molecule has 2 aliphatic heterocycles. The van der Waals surface area contributed by atoms with E-state index >= 15 is 0 Å². The van der Waals surface area contributed by atoms with E-state index in [9.17, 15) is 15.0 Å². The maximum absolute atomic E-state index is 13.8. The molecule has 5 aliphatic rings. The second kappa shape index (κ2) is 8.33. The largest absolute Gasteiger partial charge is 0.504 e. The quantitative estimate of drug-likeness (QED) is 0.462. The molecule has 6 heteroatoms. The number of aliphatic hydroxyl groups is 1. The van der Waals surface area contributed by atoms with Crippen LogP contribution >= 0.6 is 0 Å². The number of phenols is 1. The summed E-state index contributed by atoms with van der Waals surface area (Å²) < 4.78 is 6.62. The van der Waals surface area contributed by atoms with E-state index in [1.54, 1.807) is 6.07 Å². The fraction of sp³-hybridized carbons (Fsp3) is 0.424. The number of benzene rings is 3. The molecule has 3 aromatic carbocycles. The Morgan fingerprint density at radius 3 is 2.62 bits per heavy atom. The van der Waals surface area contributed by atoms with Crippen molar-refractivity contribution in [3.8, 4) is 22.6 Å². The molecule has 1 spiro atoms. The number of carbonyl (C=O) groups is 1. The maximum atomic E-state index is 13.8. The number of amides is 1. The predicted octanol–water partition coefficient (Wildman–Crippen LogP) is 4.42. The third-order valence-corrected chi connectivity index (χ3v) is 10.3. The Bertz CT molecular complexity index is 1470. The zero-order valence-corrected chi connectivity index (χ0v) is 22.0.